The number of aryl methyl sites for hydroxylation is 1. The summed E-state index contributed by atoms with van der Waals surface area (Å²) in [5.74, 6) is -0.504. The van der Waals surface area contributed by atoms with Gasteiger partial charge in [-0.25, -0.2) is 13.2 Å². The maximum atomic E-state index is 12.7. The molecule has 0 spiro atoms. The number of carboxylic acid groups (broad SMARTS) is 1. The standard InChI is InChI=1S/C21H25NO6S2/c1-30(25,26)22(11-5-8-17-9-10-20(29-17)21(23)24)18(19-15-27-12-13-28-19)14-16-6-3-2-4-7-16/h2-3,6,9-10,12-13,15,18H,4-5,7-8,11,14H2,1H3,(H,23,24). The number of hydrogen-bond acceptors (Lipinski definition) is 6. The molecular formula is C21H25NO6S2. The minimum atomic E-state index is -3.53. The van der Waals surface area contributed by atoms with Crippen molar-refractivity contribution in [3.8, 4) is 0 Å². The summed E-state index contributed by atoms with van der Waals surface area (Å²) >= 11 is 1.22. The van der Waals surface area contributed by atoms with Crippen molar-refractivity contribution >= 4 is 27.3 Å². The molecule has 1 aliphatic carbocycles. The number of sulfonamides is 1. The first kappa shape index (κ1) is 22.3. The molecule has 7 nitrogen and oxygen atoms in total. The van der Waals surface area contributed by atoms with Crippen molar-refractivity contribution in [2.45, 2.75) is 38.1 Å². The molecule has 9 heteroatoms. The molecule has 1 aromatic heterocycles. The Hall–Kier alpha value is -2.36. The number of nitrogens with zero attached hydrogens (tertiary/aromatic N) is 1. The highest BCUT2D eigenvalue weighted by atomic mass is 32.2. The van der Waals surface area contributed by atoms with E-state index in [0.29, 0.717) is 25.0 Å². The van der Waals surface area contributed by atoms with Crippen LogP contribution in [0.3, 0.4) is 0 Å². The Morgan fingerprint density at radius 2 is 2.17 bits per heavy atom. The summed E-state index contributed by atoms with van der Waals surface area (Å²) in [6, 6.07) is 2.84. The summed E-state index contributed by atoms with van der Waals surface area (Å²) in [6.45, 7) is 0.289. The molecule has 0 bridgehead atoms. The van der Waals surface area contributed by atoms with Gasteiger partial charge in [-0.3, -0.25) is 0 Å². The maximum Gasteiger partial charge on any atom is 0.345 e. The van der Waals surface area contributed by atoms with Crippen molar-refractivity contribution in [2.75, 3.05) is 12.8 Å². The lowest BCUT2D eigenvalue weighted by Gasteiger charge is -2.32. The predicted molar refractivity (Wildman–Crippen MR) is 115 cm³/mol. The van der Waals surface area contributed by atoms with Gasteiger partial charge >= 0.3 is 5.97 Å². The van der Waals surface area contributed by atoms with Crippen LogP contribution in [0.4, 0.5) is 0 Å². The Labute approximate surface area is 180 Å². The highest BCUT2D eigenvalue weighted by Crippen LogP contribution is 2.28. The van der Waals surface area contributed by atoms with E-state index < -0.39 is 22.0 Å². The normalized spacial score (nSPS) is 17.1. The molecule has 1 aromatic rings. The summed E-state index contributed by atoms with van der Waals surface area (Å²) in [5, 5.41) is 9.07. The minimum Gasteiger partial charge on any atom is -0.477 e. The molecule has 162 valence electrons. The highest BCUT2D eigenvalue weighted by Gasteiger charge is 2.32. The van der Waals surface area contributed by atoms with E-state index in [9.17, 15) is 13.2 Å². The number of rotatable bonds is 10. The molecule has 0 amide bonds. The second-order valence-electron chi connectivity index (χ2n) is 7.11. The van der Waals surface area contributed by atoms with Crippen LogP contribution in [0.25, 0.3) is 0 Å². The summed E-state index contributed by atoms with van der Waals surface area (Å²) in [4.78, 5) is 12.3. The largest absolute Gasteiger partial charge is 0.477 e. The van der Waals surface area contributed by atoms with Crippen LogP contribution in [0.2, 0.25) is 0 Å². The Bertz CT molecular complexity index is 987. The minimum absolute atomic E-state index is 0.282. The molecule has 1 atom stereocenters. The van der Waals surface area contributed by atoms with Gasteiger partial charge in [0.25, 0.3) is 0 Å². The van der Waals surface area contributed by atoms with E-state index in [2.05, 4.69) is 6.08 Å². The summed E-state index contributed by atoms with van der Waals surface area (Å²) in [7, 11) is -3.53. The van der Waals surface area contributed by atoms with Gasteiger partial charge in [-0.1, -0.05) is 23.8 Å². The van der Waals surface area contributed by atoms with Gasteiger partial charge in [0, 0.05) is 11.4 Å². The van der Waals surface area contributed by atoms with E-state index >= 15 is 0 Å². The number of allylic oxidation sites excluding steroid dienone is 3. The molecule has 0 saturated carbocycles. The van der Waals surface area contributed by atoms with E-state index in [1.807, 2.05) is 12.2 Å². The molecule has 0 aromatic carbocycles. The van der Waals surface area contributed by atoms with Crippen molar-refractivity contribution in [1.29, 1.82) is 0 Å². The van der Waals surface area contributed by atoms with Gasteiger partial charge in [-0.05, 0) is 44.2 Å². The van der Waals surface area contributed by atoms with Crippen LogP contribution in [0, 0.1) is 0 Å². The lowest BCUT2D eigenvalue weighted by Crippen LogP contribution is -2.42. The average molecular weight is 452 g/mol. The van der Waals surface area contributed by atoms with E-state index in [0.717, 1.165) is 23.3 Å². The molecule has 1 aliphatic heterocycles. The highest BCUT2D eigenvalue weighted by molar-refractivity contribution is 7.88. The van der Waals surface area contributed by atoms with Gasteiger partial charge < -0.3 is 14.6 Å². The fourth-order valence-electron chi connectivity index (χ4n) is 3.43. The second-order valence-corrected chi connectivity index (χ2v) is 10.2. The Morgan fingerprint density at radius 1 is 1.33 bits per heavy atom. The Morgan fingerprint density at radius 3 is 2.77 bits per heavy atom. The third-order valence-electron chi connectivity index (χ3n) is 4.85. The van der Waals surface area contributed by atoms with E-state index in [1.54, 1.807) is 12.1 Å². The molecule has 2 heterocycles. The maximum absolute atomic E-state index is 12.7. The molecule has 30 heavy (non-hydrogen) atoms. The Balaban J connectivity index is 1.76. The molecule has 0 saturated heterocycles. The van der Waals surface area contributed by atoms with Crippen molar-refractivity contribution in [3.05, 3.63) is 70.2 Å². The number of thiophene rings is 1. The SMILES string of the molecule is CS(=O)(=O)N(CCCc1ccc(C(=O)O)s1)C(CC1=CC=CCC1)C1=COC=CO1. The zero-order valence-electron chi connectivity index (χ0n) is 16.7. The summed E-state index contributed by atoms with van der Waals surface area (Å²) in [6.07, 6.45) is 15.0. The zero-order chi connectivity index (χ0) is 21.6. The van der Waals surface area contributed by atoms with Crippen molar-refractivity contribution in [1.82, 2.24) is 4.31 Å². The predicted octanol–water partition coefficient (Wildman–Crippen LogP) is 4.04. The molecule has 0 radical (unpaired) electrons. The van der Waals surface area contributed by atoms with Crippen LogP contribution < -0.4 is 0 Å². The molecule has 1 N–H and O–H groups in total. The van der Waals surface area contributed by atoms with Gasteiger partial charge in [0.1, 0.15) is 23.7 Å². The van der Waals surface area contributed by atoms with Crippen LogP contribution in [0.5, 0.6) is 0 Å². The smallest absolute Gasteiger partial charge is 0.345 e. The molecule has 0 fully saturated rings. The van der Waals surface area contributed by atoms with E-state index in [1.165, 1.54) is 40.7 Å². The quantitative estimate of drug-likeness (QED) is 0.577. The monoisotopic (exact) mass is 451 g/mol. The van der Waals surface area contributed by atoms with Crippen LogP contribution in [-0.2, 0) is 25.9 Å². The number of carboxylic acids is 1. The first-order valence-corrected chi connectivity index (χ1v) is 12.3. The first-order valence-electron chi connectivity index (χ1n) is 9.65. The zero-order valence-corrected chi connectivity index (χ0v) is 18.3. The fourth-order valence-corrected chi connectivity index (χ4v) is 5.42. The fraction of sp³-hybridized carbons (Fsp3) is 0.381. The van der Waals surface area contributed by atoms with E-state index in [4.69, 9.17) is 14.6 Å². The second kappa shape index (κ2) is 10.1. The van der Waals surface area contributed by atoms with Crippen LogP contribution in [-0.4, -0.2) is 42.6 Å². The van der Waals surface area contributed by atoms with Crippen LogP contribution >= 0.6 is 11.3 Å². The van der Waals surface area contributed by atoms with Gasteiger partial charge in [0.2, 0.25) is 10.0 Å². The summed E-state index contributed by atoms with van der Waals surface area (Å²) in [5.41, 5.74) is 1.15. The van der Waals surface area contributed by atoms with Crippen molar-refractivity contribution < 1.29 is 27.8 Å². The van der Waals surface area contributed by atoms with Gasteiger partial charge in [-0.15, -0.1) is 11.3 Å². The van der Waals surface area contributed by atoms with E-state index in [-0.39, 0.29) is 11.4 Å². The topological polar surface area (TPSA) is 93.1 Å². The molecular weight excluding hydrogens is 426 g/mol. The number of ether oxygens (including phenoxy) is 2. The number of hydrogen-bond donors (Lipinski definition) is 1. The number of aromatic carboxylic acids is 1. The average Bonchev–Trinajstić information content (AvgIpc) is 3.20. The lowest BCUT2D eigenvalue weighted by molar-refractivity contribution is 0.0702. The molecule has 3 rings (SSSR count). The third-order valence-corrected chi connectivity index (χ3v) is 7.28. The van der Waals surface area contributed by atoms with Crippen molar-refractivity contribution in [3.63, 3.8) is 0 Å². The Kier molecular flexibility index (Phi) is 7.52. The first-order chi connectivity index (χ1) is 14.3. The van der Waals surface area contributed by atoms with Crippen LogP contribution in [0.1, 0.15) is 40.2 Å². The van der Waals surface area contributed by atoms with Gasteiger partial charge in [0.15, 0.2) is 5.76 Å². The van der Waals surface area contributed by atoms with Crippen LogP contribution in [0.15, 0.2) is 60.5 Å². The summed E-state index contributed by atoms with van der Waals surface area (Å²) < 4.78 is 37.6. The number of carbonyl (C=O) groups is 1. The lowest BCUT2D eigenvalue weighted by atomic mass is 9.97. The van der Waals surface area contributed by atoms with Crippen molar-refractivity contribution in [2.24, 2.45) is 0 Å². The third kappa shape index (κ3) is 6.07. The van der Waals surface area contributed by atoms with Gasteiger partial charge in [0.05, 0.1) is 12.3 Å². The van der Waals surface area contributed by atoms with Gasteiger partial charge in [-0.2, -0.15) is 4.31 Å². The molecule has 1 unspecified atom stereocenters. The molecule has 2 aliphatic rings.